The Bertz CT molecular complexity index is 120. The highest BCUT2D eigenvalue weighted by Crippen LogP contribution is 2.07. The third kappa shape index (κ3) is 7.82. The van der Waals surface area contributed by atoms with Crippen molar-refractivity contribution in [3.8, 4) is 0 Å². The van der Waals surface area contributed by atoms with Gasteiger partial charge in [-0.2, -0.15) is 0 Å². The minimum atomic E-state index is 0.877. The van der Waals surface area contributed by atoms with Gasteiger partial charge in [0.05, 0.1) is 5.71 Å². The van der Waals surface area contributed by atoms with Crippen molar-refractivity contribution >= 4 is 5.71 Å². The van der Waals surface area contributed by atoms with E-state index in [1.54, 1.807) is 0 Å². The van der Waals surface area contributed by atoms with E-state index in [9.17, 15) is 5.21 Å². The Balaban J connectivity index is 3.41. The van der Waals surface area contributed by atoms with Crippen LogP contribution in [0.2, 0.25) is 0 Å². The van der Waals surface area contributed by atoms with Crippen LogP contribution in [0.3, 0.4) is 0 Å². The lowest BCUT2D eigenvalue weighted by Crippen LogP contribution is -1.98. The van der Waals surface area contributed by atoms with Gasteiger partial charge in [-0.05, 0) is 30.8 Å². The Morgan fingerprint density at radius 3 is 1.69 bits per heavy atom. The predicted molar refractivity (Wildman–Crippen MR) is 56.4 cm³/mol. The third-order valence-electron chi connectivity index (χ3n) is 2.27. The molecule has 0 spiro atoms. The summed E-state index contributed by atoms with van der Waals surface area (Å²) < 4.78 is 0. The zero-order valence-corrected chi connectivity index (χ0v) is 9.01. The van der Waals surface area contributed by atoms with E-state index in [-0.39, 0.29) is 0 Å². The number of rotatable bonds is 8. The molecule has 77 valence electrons. The fourth-order valence-corrected chi connectivity index (χ4v) is 1.37. The van der Waals surface area contributed by atoms with E-state index in [1.165, 1.54) is 25.7 Å². The Morgan fingerprint density at radius 1 is 0.923 bits per heavy atom. The standard InChI is InChI=1S/C11H22NO/c1-3-5-7-9-11(12-13)10-8-6-4-2/h3-10H2,1-2H3. The van der Waals surface area contributed by atoms with Crippen LogP contribution < -0.4 is 0 Å². The molecule has 1 radical (unpaired) electrons. The topological polar surface area (TPSA) is 32.3 Å². The van der Waals surface area contributed by atoms with Crippen molar-refractivity contribution in [2.24, 2.45) is 5.16 Å². The molecule has 0 aromatic carbocycles. The molecule has 0 N–H and O–H groups in total. The second-order valence-electron chi connectivity index (χ2n) is 3.57. The summed E-state index contributed by atoms with van der Waals surface area (Å²) in [6, 6.07) is 0. The van der Waals surface area contributed by atoms with Gasteiger partial charge in [-0.15, -0.1) is 5.21 Å². The van der Waals surface area contributed by atoms with Crippen LogP contribution in [0.15, 0.2) is 5.16 Å². The molecular weight excluding hydrogens is 162 g/mol. The number of hydrogen-bond donors (Lipinski definition) is 0. The lowest BCUT2D eigenvalue weighted by atomic mass is 10.1. The van der Waals surface area contributed by atoms with Crippen LogP contribution in [0.1, 0.15) is 65.2 Å². The molecular formula is C11H22NO. The fraction of sp³-hybridized carbons (Fsp3) is 0.909. The van der Waals surface area contributed by atoms with Crippen molar-refractivity contribution in [1.82, 2.24) is 0 Å². The normalized spacial score (nSPS) is 10.0. The maximum absolute atomic E-state index is 10.4. The van der Waals surface area contributed by atoms with E-state index >= 15 is 0 Å². The van der Waals surface area contributed by atoms with Crippen molar-refractivity contribution in [3.05, 3.63) is 0 Å². The van der Waals surface area contributed by atoms with Crippen LogP contribution in [0, 0.1) is 0 Å². The van der Waals surface area contributed by atoms with Crippen LogP contribution in [0.25, 0.3) is 0 Å². The molecule has 0 saturated carbocycles. The monoisotopic (exact) mass is 184 g/mol. The van der Waals surface area contributed by atoms with Gasteiger partial charge >= 0.3 is 0 Å². The van der Waals surface area contributed by atoms with Gasteiger partial charge in [0.2, 0.25) is 0 Å². The molecule has 0 aliphatic carbocycles. The van der Waals surface area contributed by atoms with Gasteiger partial charge in [0.15, 0.2) is 0 Å². The summed E-state index contributed by atoms with van der Waals surface area (Å²) in [7, 11) is 0. The average Bonchev–Trinajstić information content (AvgIpc) is 2.16. The molecule has 0 fully saturated rings. The van der Waals surface area contributed by atoms with Gasteiger partial charge in [0.25, 0.3) is 0 Å². The molecule has 0 saturated heterocycles. The highest BCUT2D eigenvalue weighted by atomic mass is 16.4. The SMILES string of the molecule is CCCCCC(CCCCC)=N[O]. The van der Waals surface area contributed by atoms with E-state index in [2.05, 4.69) is 19.0 Å². The maximum Gasteiger partial charge on any atom is 0.0624 e. The lowest BCUT2D eigenvalue weighted by molar-refractivity contribution is 0.207. The molecule has 0 heterocycles. The van der Waals surface area contributed by atoms with E-state index in [0.29, 0.717) is 0 Å². The largest absolute Gasteiger partial charge is 0.145 e. The molecule has 0 aromatic heterocycles. The first-order valence-electron chi connectivity index (χ1n) is 5.53. The van der Waals surface area contributed by atoms with Crippen LogP contribution in [-0.4, -0.2) is 5.71 Å². The third-order valence-corrected chi connectivity index (χ3v) is 2.27. The zero-order valence-electron chi connectivity index (χ0n) is 9.01. The van der Waals surface area contributed by atoms with E-state index in [0.717, 1.165) is 31.4 Å². The lowest BCUT2D eigenvalue weighted by Gasteiger charge is -2.01. The molecule has 0 aliphatic rings. The van der Waals surface area contributed by atoms with Crippen molar-refractivity contribution in [1.29, 1.82) is 0 Å². The summed E-state index contributed by atoms with van der Waals surface area (Å²) >= 11 is 0. The zero-order chi connectivity index (χ0) is 9.94. The molecule has 2 nitrogen and oxygen atoms in total. The molecule has 0 rings (SSSR count). The van der Waals surface area contributed by atoms with Crippen LogP contribution in [0.4, 0.5) is 0 Å². The van der Waals surface area contributed by atoms with Gasteiger partial charge in [-0.3, -0.25) is 0 Å². The molecule has 0 amide bonds. The Hall–Kier alpha value is -0.530. The quantitative estimate of drug-likeness (QED) is 0.311. The molecule has 0 bridgehead atoms. The summed E-state index contributed by atoms with van der Waals surface area (Å²) in [5.41, 5.74) is 0.877. The summed E-state index contributed by atoms with van der Waals surface area (Å²) in [6.45, 7) is 4.34. The highest BCUT2D eigenvalue weighted by molar-refractivity contribution is 5.83. The van der Waals surface area contributed by atoms with Gasteiger partial charge in [0, 0.05) is 0 Å². The minimum absolute atomic E-state index is 0.877. The molecule has 0 unspecified atom stereocenters. The molecule has 2 heteroatoms. The highest BCUT2D eigenvalue weighted by Gasteiger charge is 2.00. The van der Waals surface area contributed by atoms with Crippen molar-refractivity contribution in [2.75, 3.05) is 0 Å². The second kappa shape index (κ2) is 9.56. The smallest absolute Gasteiger partial charge is 0.0624 e. The predicted octanol–water partition coefficient (Wildman–Crippen LogP) is 3.93. The van der Waals surface area contributed by atoms with Crippen LogP contribution in [-0.2, 0) is 5.21 Å². The first-order chi connectivity index (χ1) is 6.35. The first kappa shape index (κ1) is 12.5. The van der Waals surface area contributed by atoms with Crippen molar-refractivity contribution in [2.45, 2.75) is 65.2 Å². The summed E-state index contributed by atoms with van der Waals surface area (Å²) in [6.07, 6.45) is 8.94. The first-order valence-corrected chi connectivity index (χ1v) is 5.53. The number of nitrogens with zero attached hydrogens (tertiary/aromatic N) is 1. The Kier molecular flexibility index (Phi) is 9.17. The summed E-state index contributed by atoms with van der Waals surface area (Å²) in [5, 5.41) is 13.5. The number of unbranched alkanes of at least 4 members (excludes halogenated alkanes) is 4. The molecule has 0 aliphatic heterocycles. The van der Waals surface area contributed by atoms with Crippen molar-refractivity contribution in [3.63, 3.8) is 0 Å². The van der Waals surface area contributed by atoms with Gasteiger partial charge < -0.3 is 0 Å². The van der Waals surface area contributed by atoms with Gasteiger partial charge in [-0.1, -0.05) is 39.5 Å². The maximum atomic E-state index is 10.4. The van der Waals surface area contributed by atoms with Gasteiger partial charge in [0.1, 0.15) is 0 Å². The molecule has 13 heavy (non-hydrogen) atoms. The number of hydrogen-bond acceptors (Lipinski definition) is 1. The molecule has 0 atom stereocenters. The summed E-state index contributed by atoms with van der Waals surface area (Å²) in [4.78, 5) is 0. The Morgan fingerprint density at radius 2 is 1.38 bits per heavy atom. The average molecular weight is 184 g/mol. The van der Waals surface area contributed by atoms with Crippen molar-refractivity contribution < 1.29 is 5.21 Å². The van der Waals surface area contributed by atoms with E-state index in [1.807, 2.05) is 0 Å². The van der Waals surface area contributed by atoms with Crippen LogP contribution >= 0.6 is 0 Å². The Labute approximate surface area is 82.0 Å². The fourth-order valence-electron chi connectivity index (χ4n) is 1.37. The van der Waals surface area contributed by atoms with E-state index in [4.69, 9.17) is 0 Å². The second-order valence-corrected chi connectivity index (χ2v) is 3.57. The van der Waals surface area contributed by atoms with Gasteiger partial charge in [-0.25, -0.2) is 0 Å². The molecule has 0 aromatic rings. The van der Waals surface area contributed by atoms with Crippen LogP contribution in [0.5, 0.6) is 0 Å². The summed E-state index contributed by atoms with van der Waals surface area (Å²) in [5.74, 6) is 0. The minimum Gasteiger partial charge on any atom is -0.145 e. The van der Waals surface area contributed by atoms with E-state index < -0.39 is 0 Å².